The van der Waals surface area contributed by atoms with Gasteiger partial charge in [-0.3, -0.25) is 4.79 Å². The summed E-state index contributed by atoms with van der Waals surface area (Å²) in [6, 6.07) is 10.5. The van der Waals surface area contributed by atoms with Crippen LogP contribution in [0.25, 0.3) is 5.57 Å². The Morgan fingerprint density at radius 2 is 1.76 bits per heavy atom. The second-order valence-electron chi connectivity index (χ2n) is 6.41. The Bertz CT molecular complexity index is 1260. The molecule has 2 amide bonds. The van der Waals surface area contributed by atoms with E-state index in [4.69, 9.17) is 23.2 Å². The third kappa shape index (κ3) is 6.88. The number of hydrogen-bond acceptors (Lipinski definition) is 6. The van der Waals surface area contributed by atoms with E-state index in [1.807, 2.05) is 10.8 Å². The van der Waals surface area contributed by atoms with Gasteiger partial charge in [-0.05, 0) is 31.2 Å². The number of nitrogens with one attached hydrogen (secondary N) is 3. The Kier molecular flexibility index (Phi) is 9.18. The number of rotatable bonds is 9. The minimum Gasteiger partial charge on any atom is -0.388 e. The highest BCUT2D eigenvalue weighted by molar-refractivity contribution is 8.21. The number of sulfonamides is 1. The zero-order chi connectivity index (χ0) is 24.8. The Hall–Kier alpha value is -2.72. The van der Waals surface area contributed by atoms with Crippen LogP contribution in [0.3, 0.4) is 0 Å². The van der Waals surface area contributed by atoms with Crippen molar-refractivity contribution in [2.45, 2.75) is 6.92 Å². The van der Waals surface area contributed by atoms with Crippen molar-refractivity contribution < 1.29 is 18.0 Å². The van der Waals surface area contributed by atoms with Gasteiger partial charge in [-0.15, -0.1) is 0 Å². The van der Waals surface area contributed by atoms with Gasteiger partial charge in [0.2, 0.25) is 0 Å². The van der Waals surface area contributed by atoms with Gasteiger partial charge in [0, 0.05) is 35.1 Å². The number of carbonyl (C=O) groups excluding carboxylic acids is 2. The van der Waals surface area contributed by atoms with Gasteiger partial charge in [-0.1, -0.05) is 72.4 Å². The summed E-state index contributed by atoms with van der Waals surface area (Å²) in [5, 5.41) is 5.55. The molecule has 11 heteroatoms. The fourth-order valence-electron chi connectivity index (χ4n) is 2.78. The van der Waals surface area contributed by atoms with Crippen molar-refractivity contribution in [3.63, 3.8) is 0 Å². The van der Waals surface area contributed by atoms with Crippen molar-refractivity contribution >= 4 is 73.7 Å². The Morgan fingerprint density at radius 3 is 2.33 bits per heavy atom. The number of carbonyl (C=O) groups is 2. The summed E-state index contributed by atoms with van der Waals surface area (Å²) in [5.74, 6) is -0.231. The number of Topliss-reactive ketones (excluding diaryl/α,β-unsaturated/α-hetero) is 1. The molecule has 0 spiro atoms. The molecule has 7 nitrogen and oxygen atoms in total. The van der Waals surface area contributed by atoms with Gasteiger partial charge in [0.05, 0.1) is 9.39 Å². The van der Waals surface area contributed by atoms with Crippen molar-refractivity contribution in [3.8, 4) is 0 Å². The summed E-state index contributed by atoms with van der Waals surface area (Å²) in [6.45, 7) is 8.44. The van der Waals surface area contributed by atoms with Crippen molar-refractivity contribution in [3.05, 3.63) is 86.4 Å². The molecule has 0 aliphatic rings. The van der Waals surface area contributed by atoms with E-state index in [1.54, 1.807) is 44.3 Å². The highest BCUT2D eigenvalue weighted by atomic mass is 35.5. The monoisotopic (exact) mass is 525 g/mol. The zero-order valence-corrected chi connectivity index (χ0v) is 20.9. The van der Waals surface area contributed by atoms with Gasteiger partial charge in [-0.25, -0.2) is 17.9 Å². The lowest BCUT2D eigenvalue weighted by molar-refractivity contribution is 0.105. The lowest BCUT2D eigenvalue weighted by atomic mass is 9.95. The Balaban J connectivity index is 2.22. The maximum atomic E-state index is 13.1. The second-order valence-corrected chi connectivity index (χ2v) is 10.6. The molecule has 0 aliphatic heterocycles. The quantitative estimate of drug-likeness (QED) is 0.272. The molecule has 0 atom stereocenters. The molecule has 0 fully saturated rings. The molecule has 3 N–H and O–H groups in total. The fraction of sp³-hybridized carbons (Fsp3) is 0.0909. The van der Waals surface area contributed by atoms with Crippen LogP contribution in [0.15, 0.2) is 70.3 Å². The Morgan fingerprint density at radius 1 is 1.09 bits per heavy atom. The van der Waals surface area contributed by atoms with E-state index in [1.165, 1.54) is 12.1 Å². The molecule has 2 rings (SSSR count). The molecule has 2 aromatic rings. The van der Waals surface area contributed by atoms with Crippen LogP contribution in [0.1, 0.15) is 22.8 Å². The molecule has 0 heterocycles. The maximum Gasteiger partial charge on any atom is 0.333 e. The largest absolute Gasteiger partial charge is 0.388 e. The molecule has 0 saturated carbocycles. The van der Waals surface area contributed by atoms with Crippen molar-refractivity contribution in [2.75, 3.05) is 17.7 Å². The first-order chi connectivity index (χ1) is 15.5. The smallest absolute Gasteiger partial charge is 0.333 e. The molecule has 33 heavy (non-hydrogen) atoms. The number of ketones is 1. The predicted octanol–water partition coefficient (Wildman–Crippen LogP) is 6.03. The molecule has 174 valence electrons. The van der Waals surface area contributed by atoms with Crippen LogP contribution in [0, 0.1) is 0 Å². The number of hydrogen-bond donors (Lipinski definition) is 3. The maximum absolute atomic E-state index is 13.1. The van der Waals surface area contributed by atoms with Gasteiger partial charge in [0.15, 0.2) is 5.78 Å². The van der Waals surface area contributed by atoms with Crippen LogP contribution in [0.2, 0.25) is 5.02 Å². The molecule has 0 unspecified atom stereocenters. The summed E-state index contributed by atoms with van der Waals surface area (Å²) >= 11 is 12.6. The van der Waals surface area contributed by atoms with Gasteiger partial charge < -0.3 is 10.6 Å². The van der Waals surface area contributed by atoms with Crippen molar-refractivity contribution in [1.82, 2.24) is 4.72 Å². The molecule has 0 radical (unpaired) electrons. The van der Waals surface area contributed by atoms with Crippen LogP contribution in [0.5, 0.6) is 0 Å². The zero-order valence-electron chi connectivity index (χ0n) is 17.7. The minimum atomic E-state index is -4.19. The third-order valence-electron chi connectivity index (χ3n) is 4.24. The first-order valence-corrected chi connectivity index (χ1v) is 12.4. The number of halogens is 2. The molecule has 0 aliphatic carbocycles. The van der Waals surface area contributed by atoms with Crippen LogP contribution < -0.4 is 15.4 Å². The van der Waals surface area contributed by atoms with Gasteiger partial charge in [0.1, 0.15) is 4.24 Å². The Labute approximate surface area is 207 Å². The number of allylic oxidation sites excluding steroid dienone is 2. The van der Waals surface area contributed by atoms with E-state index >= 15 is 0 Å². The molecular weight excluding hydrogens is 505 g/mol. The summed E-state index contributed by atoms with van der Waals surface area (Å²) < 4.78 is 25.6. The summed E-state index contributed by atoms with van der Waals surface area (Å²) in [6.07, 6.45) is 1.65. The van der Waals surface area contributed by atoms with E-state index in [2.05, 4.69) is 23.8 Å². The number of para-hydroxylation sites is 1. The number of anilines is 2. The van der Waals surface area contributed by atoms with E-state index in [0.29, 0.717) is 34.1 Å². The number of amides is 2. The van der Waals surface area contributed by atoms with Gasteiger partial charge in [-0.2, -0.15) is 0 Å². The molecule has 0 saturated heterocycles. The van der Waals surface area contributed by atoms with E-state index in [0.717, 1.165) is 0 Å². The number of thioether (sulfide) groups is 1. The second kappa shape index (κ2) is 11.4. The molecule has 2 aromatic carbocycles. The highest BCUT2D eigenvalue weighted by Crippen LogP contribution is 2.31. The van der Waals surface area contributed by atoms with Gasteiger partial charge >= 0.3 is 6.03 Å². The SMILES string of the molecule is C=C(Cl)SC(=C)S(=O)(=O)NC(=O)Nc1ccc(/C(=C/C)C(=O)c2ccccc2NC)c(Cl)c1. The van der Waals surface area contributed by atoms with E-state index in [-0.39, 0.29) is 25.1 Å². The average molecular weight is 526 g/mol. The third-order valence-corrected chi connectivity index (χ3v) is 7.20. The average Bonchev–Trinajstić information content (AvgIpc) is 2.74. The van der Waals surface area contributed by atoms with Crippen LogP contribution in [0.4, 0.5) is 16.2 Å². The minimum absolute atomic E-state index is 0.0141. The standard InChI is InChI=1S/C22H21Cl2N3O4S2/c1-5-16(21(28)18-8-6-7-9-20(18)25-4)17-11-10-15(12-19(17)24)26-22(29)27-33(30,31)14(3)32-13(2)23/h5-12,25H,2-3H2,1,4H3,(H2,26,27,29)/b16-5-. The summed E-state index contributed by atoms with van der Waals surface area (Å²) in [7, 11) is -2.47. The fourth-order valence-corrected chi connectivity index (χ4v) is 5.00. The highest BCUT2D eigenvalue weighted by Gasteiger charge is 2.21. The first kappa shape index (κ1) is 26.5. The van der Waals surface area contributed by atoms with E-state index in [9.17, 15) is 18.0 Å². The molecule has 0 aromatic heterocycles. The normalized spacial score (nSPS) is 11.5. The lowest BCUT2D eigenvalue weighted by Gasteiger charge is -2.14. The van der Waals surface area contributed by atoms with E-state index < -0.39 is 16.1 Å². The van der Waals surface area contributed by atoms with Crippen LogP contribution in [-0.4, -0.2) is 27.3 Å². The van der Waals surface area contributed by atoms with Crippen LogP contribution >= 0.6 is 35.0 Å². The number of urea groups is 1. The topological polar surface area (TPSA) is 104 Å². The van der Waals surface area contributed by atoms with Crippen LogP contribution in [-0.2, 0) is 10.0 Å². The summed E-state index contributed by atoms with van der Waals surface area (Å²) in [5.41, 5.74) is 2.20. The lowest BCUT2D eigenvalue weighted by Crippen LogP contribution is -2.34. The summed E-state index contributed by atoms with van der Waals surface area (Å²) in [4.78, 5) is 25.3. The number of benzene rings is 2. The molecular formula is C22H21Cl2N3O4S2. The molecule has 0 bridgehead atoms. The first-order valence-electron chi connectivity index (χ1n) is 9.32. The van der Waals surface area contributed by atoms with Gasteiger partial charge in [0.25, 0.3) is 10.0 Å². The van der Waals surface area contributed by atoms with Crippen molar-refractivity contribution in [1.29, 1.82) is 0 Å². The predicted molar refractivity (Wildman–Crippen MR) is 138 cm³/mol. The van der Waals surface area contributed by atoms with Crippen molar-refractivity contribution in [2.24, 2.45) is 0 Å².